The zero-order valence-corrected chi connectivity index (χ0v) is 8.35. The number of hydrogen-bond donors (Lipinski definition) is 2. The van der Waals surface area contributed by atoms with Crippen LogP contribution in [-0.2, 0) is 10.0 Å². The molecule has 0 fully saturated rings. The van der Waals surface area contributed by atoms with Crippen molar-refractivity contribution in [2.45, 2.75) is 5.03 Å². The van der Waals surface area contributed by atoms with E-state index in [1.165, 1.54) is 19.2 Å². The van der Waals surface area contributed by atoms with Crippen LogP contribution in [0.4, 0.5) is 5.69 Å². The maximum atomic E-state index is 11.2. The SMILES string of the molecule is CNS(=O)(=O)c1ccc(N)c(Cl)n1. The molecule has 0 spiro atoms. The van der Waals surface area contributed by atoms with E-state index in [1.807, 2.05) is 0 Å². The van der Waals surface area contributed by atoms with Gasteiger partial charge < -0.3 is 5.73 Å². The van der Waals surface area contributed by atoms with Crippen molar-refractivity contribution >= 4 is 27.3 Å². The quantitative estimate of drug-likeness (QED) is 0.700. The topological polar surface area (TPSA) is 85.1 Å². The molecule has 5 nitrogen and oxygen atoms in total. The summed E-state index contributed by atoms with van der Waals surface area (Å²) in [5.74, 6) is 0. The van der Waals surface area contributed by atoms with Crippen molar-refractivity contribution in [1.82, 2.24) is 9.71 Å². The molecule has 0 atom stereocenters. The molecule has 0 bridgehead atoms. The van der Waals surface area contributed by atoms with E-state index >= 15 is 0 Å². The van der Waals surface area contributed by atoms with E-state index < -0.39 is 10.0 Å². The minimum absolute atomic E-state index is 0.0173. The van der Waals surface area contributed by atoms with E-state index in [1.54, 1.807) is 0 Å². The Hall–Kier alpha value is -0.850. The van der Waals surface area contributed by atoms with Crippen LogP contribution in [0.5, 0.6) is 0 Å². The number of pyridine rings is 1. The molecule has 0 aliphatic rings. The van der Waals surface area contributed by atoms with Gasteiger partial charge >= 0.3 is 0 Å². The van der Waals surface area contributed by atoms with Gasteiger partial charge in [0.05, 0.1) is 5.69 Å². The Morgan fingerprint density at radius 2 is 2.15 bits per heavy atom. The fraction of sp³-hybridized carbons (Fsp3) is 0.167. The molecule has 0 unspecified atom stereocenters. The van der Waals surface area contributed by atoms with Crippen LogP contribution in [0.25, 0.3) is 0 Å². The number of anilines is 1. The Labute approximate surface area is 81.0 Å². The summed E-state index contributed by atoms with van der Waals surface area (Å²) in [7, 11) is -2.25. The zero-order valence-electron chi connectivity index (χ0n) is 6.78. The fourth-order valence-electron chi connectivity index (χ4n) is 0.683. The molecular weight excluding hydrogens is 214 g/mol. The number of nitrogens with one attached hydrogen (secondary N) is 1. The molecule has 7 heteroatoms. The minimum atomic E-state index is -3.54. The van der Waals surface area contributed by atoms with E-state index in [0.717, 1.165) is 0 Å². The Morgan fingerprint density at radius 1 is 1.54 bits per heavy atom. The highest BCUT2D eigenvalue weighted by Gasteiger charge is 2.13. The van der Waals surface area contributed by atoms with Gasteiger partial charge in [0.15, 0.2) is 10.2 Å². The molecule has 0 amide bonds. The molecule has 13 heavy (non-hydrogen) atoms. The summed E-state index contributed by atoms with van der Waals surface area (Å²) in [5.41, 5.74) is 5.61. The van der Waals surface area contributed by atoms with Crippen molar-refractivity contribution < 1.29 is 8.42 Å². The van der Waals surface area contributed by atoms with Crippen LogP contribution < -0.4 is 10.5 Å². The van der Waals surface area contributed by atoms with Gasteiger partial charge in [-0.2, -0.15) is 0 Å². The van der Waals surface area contributed by atoms with Crippen LogP contribution in [0.15, 0.2) is 17.2 Å². The summed E-state index contributed by atoms with van der Waals surface area (Å²) in [6.07, 6.45) is 0. The van der Waals surface area contributed by atoms with Gasteiger partial charge in [-0.3, -0.25) is 0 Å². The molecule has 1 heterocycles. The summed E-state index contributed by atoms with van der Waals surface area (Å²) < 4.78 is 24.5. The van der Waals surface area contributed by atoms with Gasteiger partial charge in [0.25, 0.3) is 10.0 Å². The second-order valence-electron chi connectivity index (χ2n) is 2.24. The third-order valence-corrected chi connectivity index (χ3v) is 3.01. The number of sulfonamides is 1. The predicted molar refractivity (Wildman–Crippen MR) is 49.9 cm³/mol. The highest BCUT2D eigenvalue weighted by molar-refractivity contribution is 7.89. The lowest BCUT2D eigenvalue weighted by Crippen LogP contribution is -2.19. The Bertz CT molecular complexity index is 418. The zero-order chi connectivity index (χ0) is 10.1. The Morgan fingerprint density at radius 3 is 2.62 bits per heavy atom. The predicted octanol–water partition coefficient (Wildman–Crippen LogP) is 0.225. The number of nitrogens with two attached hydrogens (primary N) is 1. The van der Waals surface area contributed by atoms with Gasteiger partial charge in [-0.05, 0) is 19.2 Å². The van der Waals surface area contributed by atoms with Crippen molar-refractivity contribution in [3.05, 3.63) is 17.3 Å². The van der Waals surface area contributed by atoms with Crippen LogP contribution in [-0.4, -0.2) is 20.4 Å². The monoisotopic (exact) mass is 221 g/mol. The van der Waals surface area contributed by atoms with Crippen LogP contribution in [0.2, 0.25) is 5.15 Å². The lowest BCUT2D eigenvalue weighted by atomic mass is 10.4. The first kappa shape index (κ1) is 10.2. The van der Waals surface area contributed by atoms with E-state index in [2.05, 4.69) is 9.71 Å². The highest BCUT2D eigenvalue weighted by atomic mass is 35.5. The van der Waals surface area contributed by atoms with Gasteiger partial charge in [0.2, 0.25) is 0 Å². The first-order chi connectivity index (χ1) is 5.97. The summed E-state index contributed by atoms with van der Waals surface area (Å²) >= 11 is 5.55. The number of halogens is 1. The number of hydrogen-bond acceptors (Lipinski definition) is 4. The molecule has 1 rings (SSSR count). The largest absolute Gasteiger partial charge is 0.396 e. The summed E-state index contributed by atoms with van der Waals surface area (Å²) in [5, 5.41) is -0.162. The number of aromatic nitrogens is 1. The van der Waals surface area contributed by atoms with Crippen molar-refractivity contribution in [3.8, 4) is 0 Å². The average Bonchev–Trinajstić information content (AvgIpc) is 2.09. The minimum Gasteiger partial charge on any atom is -0.396 e. The third kappa shape index (κ3) is 2.09. The normalized spacial score (nSPS) is 11.5. The maximum absolute atomic E-state index is 11.2. The molecule has 0 aliphatic heterocycles. The number of rotatable bonds is 2. The van der Waals surface area contributed by atoms with E-state index in [0.29, 0.717) is 0 Å². The molecule has 0 radical (unpaired) electrons. The van der Waals surface area contributed by atoms with Gasteiger partial charge in [-0.15, -0.1) is 0 Å². The summed E-state index contributed by atoms with van der Waals surface area (Å²) in [6.45, 7) is 0. The van der Waals surface area contributed by atoms with Crippen LogP contribution in [0.3, 0.4) is 0 Å². The van der Waals surface area contributed by atoms with Gasteiger partial charge in [0.1, 0.15) is 0 Å². The van der Waals surface area contributed by atoms with Crippen molar-refractivity contribution in [2.24, 2.45) is 0 Å². The van der Waals surface area contributed by atoms with Crippen LogP contribution in [0.1, 0.15) is 0 Å². The lowest BCUT2D eigenvalue weighted by Gasteiger charge is -2.02. The second-order valence-corrected chi connectivity index (χ2v) is 4.43. The van der Waals surface area contributed by atoms with Gasteiger partial charge in [-0.1, -0.05) is 11.6 Å². The number of nitrogen functional groups attached to an aromatic ring is 1. The molecule has 0 saturated heterocycles. The standard InChI is InChI=1S/C6H8ClN3O2S/c1-9-13(11,12)5-3-2-4(8)6(7)10-5/h2-3,9H,8H2,1H3. The van der Waals surface area contributed by atoms with Crippen LogP contribution in [0, 0.1) is 0 Å². The Balaban J connectivity index is 3.27. The third-order valence-electron chi connectivity index (χ3n) is 1.40. The van der Waals surface area contributed by atoms with Crippen molar-refractivity contribution in [1.29, 1.82) is 0 Å². The molecule has 1 aromatic rings. The maximum Gasteiger partial charge on any atom is 0.257 e. The van der Waals surface area contributed by atoms with E-state index in [9.17, 15) is 8.42 Å². The summed E-state index contributed by atoms with van der Waals surface area (Å²) in [6, 6.07) is 2.67. The average molecular weight is 222 g/mol. The highest BCUT2D eigenvalue weighted by Crippen LogP contribution is 2.17. The molecule has 0 aromatic carbocycles. The van der Waals surface area contributed by atoms with Crippen molar-refractivity contribution in [3.63, 3.8) is 0 Å². The molecule has 1 aromatic heterocycles. The molecular formula is C6H8ClN3O2S. The first-order valence-electron chi connectivity index (χ1n) is 3.33. The molecule has 0 aliphatic carbocycles. The molecule has 72 valence electrons. The number of nitrogens with zero attached hydrogens (tertiary/aromatic N) is 1. The molecule has 3 N–H and O–H groups in total. The van der Waals surface area contributed by atoms with E-state index in [4.69, 9.17) is 17.3 Å². The smallest absolute Gasteiger partial charge is 0.257 e. The lowest BCUT2D eigenvalue weighted by molar-refractivity contribution is 0.584. The molecule has 0 saturated carbocycles. The fourth-order valence-corrected chi connectivity index (χ4v) is 1.55. The van der Waals surface area contributed by atoms with Crippen LogP contribution >= 0.6 is 11.6 Å². The summed E-state index contributed by atoms with van der Waals surface area (Å²) in [4.78, 5) is 3.61. The van der Waals surface area contributed by atoms with Gasteiger partial charge in [0, 0.05) is 0 Å². The van der Waals surface area contributed by atoms with Crippen molar-refractivity contribution in [2.75, 3.05) is 12.8 Å². The Kier molecular flexibility index (Phi) is 2.74. The van der Waals surface area contributed by atoms with Gasteiger partial charge in [-0.25, -0.2) is 18.1 Å². The van der Waals surface area contributed by atoms with E-state index in [-0.39, 0.29) is 15.9 Å². The first-order valence-corrected chi connectivity index (χ1v) is 5.19. The second kappa shape index (κ2) is 3.49.